The topological polar surface area (TPSA) is 123 Å². The van der Waals surface area contributed by atoms with E-state index in [2.05, 4.69) is 14.9 Å². The van der Waals surface area contributed by atoms with Gasteiger partial charge < -0.3 is 13.9 Å². The molecule has 1 heterocycles. The van der Waals surface area contributed by atoms with Gasteiger partial charge in [0.05, 0.1) is 29.8 Å². The maximum Gasteiger partial charge on any atom is 0.417 e. The molecule has 148 valence electrons. The van der Waals surface area contributed by atoms with Crippen molar-refractivity contribution in [1.82, 2.24) is 9.82 Å². The quantitative estimate of drug-likeness (QED) is 0.438. The van der Waals surface area contributed by atoms with Crippen LogP contribution in [0.3, 0.4) is 0 Å². The van der Waals surface area contributed by atoms with E-state index in [9.17, 15) is 13.2 Å². The minimum atomic E-state index is -3.94. The van der Waals surface area contributed by atoms with Crippen LogP contribution < -0.4 is 20.1 Å². The maximum absolute atomic E-state index is 12.4. The largest absolute Gasteiger partial charge is 0.494 e. The standard InChI is InChI=1S/C18H19N3O6S/c1-3-25-13-6-5-12(16(9-13)26-4-2)11-19-21-28(23,24)14-7-8-15-17(10-14)27-18(22)20-15/h5-11,21H,3-4H2,1-2H3,(H,20,22)/b19-11+. The normalized spacial score (nSPS) is 11.8. The molecule has 0 saturated carbocycles. The molecule has 0 bridgehead atoms. The molecular formula is C18H19N3O6S. The molecule has 0 aliphatic carbocycles. The van der Waals surface area contributed by atoms with Crippen LogP contribution in [-0.2, 0) is 10.0 Å². The molecule has 9 nitrogen and oxygen atoms in total. The number of H-pyrrole nitrogens is 1. The lowest BCUT2D eigenvalue weighted by Gasteiger charge is -2.10. The molecule has 0 saturated heterocycles. The van der Waals surface area contributed by atoms with E-state index in [0.717, 1.165) is 0 Å². The highest BCUT2D eigenvalue weighted by Crippen LogP contribution is 2.24. The Labute approximate surface area is 161 Å². The number of oxazole rings is 1. The summed E-state index contributed by atoms with van der Waals surface area (Å²) in [5.74, 6) is 0.506. The van der Waals surface area contributed by atoms with E-state index >= 15 is 0 Å². The lowest BCUT2D eigenvalue weighted by Crippen LogP contribution is -2.18. The van der Waals surface area contributed by atoms with Gasteiger partial charge in [0.25, 0.3) is 10.0 Å². The number of ether oxygens (including phenoxy) is 2. The van der Waals surface area contributed by atoms with Crippen molar-refractivity contribution in [1.29, 1.82) is 0 Å². The zero-order valence-electron chi connectivity index (χ0n) is 15.3. The van der Waals surface area contributed by atoms with Crippen molar-refractivity contribution in [3.63, 3.8) is 0 Å². The third-order valence-corrected chi connectivity index (χ3v) is 4.90. The van der Waals surface area contributed by atoms with Crippen molar-refractivity contribution in [3.8, 4) is 11.5 Å². The number of nitrogens with one attached hydrogen (secondary N) is 2. The number of sulfonamides is 1. The van der Waals surface area contributed by atoms with Gasteiger partial charge in [0.15, 0.2) is 5.58 Å². The van der Waals surface area contributed by atoms with Crippen molar-refractivity contribution < 1.29 is 22.3 Å². The van der Waals surface area contributed by atoms with Gasteiger partial charge in [-0.25, -0.2) is 9.63 Å². The summed E-state index contributed by atoms with van der Waals surface area (Å²) in [6, 6.07) is 9.20. The van der Waals surface area contributed by atoms with E-state index < -0.39 is 15.8 Å². The van der Waals surface area contributed by atoms with E-state index in [1.807, 2.05) is 13.8 Å². The van der Waals surface area contributed by atoms with Crippen LogP contribution in [0, 0.1) is 0 Å². The Hall–Kier alpha value is -3.27. The Morgan fingerprint density at radius 3 is 2.68 bits per heavy atom. The number of benzene rings is 2. The van der Waals surface area contributed by atoms with Crippen LogP contribution >= 0.6 is 0 Å². The molecule has 0 atom stereocenters. The van der Waals surface area contributed by atoms with E-state index in [1.165, 1.54) is 24.4 Å². The van der Waals surface area contributed by atoms with Gasteiger partial charge in [-0.05, 0) is 38.1 Å². The lowest BCUT2D eigenvalue weighted by molar-refractivity contribution is 0.323. The molecule has 2 aromatic carbocycles. The van der Waals surface area contributed by atoms with Crippen LogP contribution in [0.5, 0.6) is 11.5 Å². The van der Waals surface area contributed by atoms with Gasteiger partial charge >= 0.3 is 5.76 Å². The Kier molecular flexibility index (Phi) is 5.69. The second kappa shape index (κ2) is 8.17. The van der Waals surface area contributed by atoms with Crippen molar-refractivity contribution in [2.24, 2.45) is 5.10 Å². The number of rotatable bonds is 8. The van der Waals surface area contributed by atoms with Crippen LogP contribution in [0.1, 0.15) is 19.4 Å². The Bertz CT molecular complexity index is 1160. The van der Waals surface area contributed by atoms with Crippen LogP contribution in [0.4, 0.5) is 0 Å². The SMILES string of the molecule is CCOc1ccc(/C=N/NS(=O)(=O)c2ccc3[nH]c(=O)oc3c2)c(OCC)c1. The van der Waals surface area contributed by atoms with E-state index in [1.54, 1.807) is 18.2 Å². The van der Waals surface area contributed by atoms with Crippen LogP contribution in [0.25, 0.3) is 11.1 Å². The molecule has 0 amide bonds. The maximum atomic E-state index is 12.4. The molecule has 2 N–H and O–H groups in total. The number of hydrogen-bond acceptors (Lipinski definition) is 7. The van der Waals surface area contributed by atoms with E-state index in [4.69, 9.17) is 13.9 Å². The molecule has 0 fully saturated rings. The van der Waals surface area contributed by atoms with Crippen LogP contribution in [0.2, 0.25) is 0 Å². The first-order chi connectivity index (χ1) is 13.4. The first kappa shape index (κ1) is 19.5. The number of nitrogens with zero attached hydrogens (tertiary/aromatic N) is 1. The van der Waals surface area contributed by atoms with E-state index in [-0.39, 0.29) is 10.5 Å². The molecule has 0 unspecified atom stereocenters. The summed E-state index contributed by atoms with van der Waals surface area (Å²) in [5.41, 5.74) is 1.13. The summed E-state index contributed by atoms with van der Waals surface area (Å²) < 4.78 is 40.7. The summed E-state index contributed by atoms with van der Waals surface area (Å²) in [6.45, 7) is 4.67. The fourth-order valence-corrected chi connectivity index (χ4v) is 3.28. The van der Waals surface area contributed by atoms with Crippen molar-refractivity contribution in [3.05, 3.63) is 52.5 Å². The Morgan fingerprint density at radius 2 is 1.93 bits per heavy atom. The molecule has 10 heteroatoms. The van der Waals surface area contributed by atoms with Gasteiger partial charge in [-0.15, -0.1) is 0 Å². The van der Waals surface area contributed by atoms with Gasteiger partial charge in [-0.3, -0.25) is 4.98 Å². The van der Waals surface area contributed by atoms with Gasteiger partial charge in [0, 0.05) is 17.7 Å². The van der Waals surface area contributed by atoms with Gasteiger partial charge in [0.2, 0.25) is 0 Å². The average Bonchev–Trinajstić information content (AvgIpc) is 3.03. The molecule has 1 aromatic heterocycles. The number of hydrazone groups is 1. The molecule has 3 rings (SSSR count). The fourth-order valence-electron chi connectivity index (χ4n) is 2.47. The molecule has 0 aliphatic rings. The Balaban J connectivity index is 1.81. The highest BCUT2D eigenvalue weighted by molar-refractivity contribution is 7.89. The van der Waals surface area contributed by atoms with Gasteiger partial charge in [-0.1, -0.05) is 0 Å². The number of aromatic amines is 1. The molecule has 28 heavy (non-hydrogen) atoms. The van der Waals surface area contributed by atoms with Crippen molar-refractivity contribution >= 4 is 27.3 Å². The number of aromatic nitrogens is 1. The molecule has 3 aromatic rings. The summed E-state index contributed by atoms with van der Waals surface area (Å²) in [4.78, 5) is 15.7. The highest BCUT2D eigenvalue weighted by atomic mass is 32.2. The zero-order chi connectivity index (χ0) is 20.1. The van der Waals surface area contributed by atoms with E-state index in [0.29, 0.717) is 35.8 Å². The van der Waals surface area contributed by atoms with Gasteiger partial charge in [0.1, 0.15) is 11.5 Å². The molecule has 0 radical (unpaired) electrons. The molecular weight excluding hydrogens is 386 g/mol. The lowest BCUT2D eigenvalue weighted by atomic mass is 10.2. The number of fused-ring (bicyclic) bond motifs is 1. The highest BCUT2D eigenvalue weighted by Gasteiger charge is 2.15. The third kappa shape index (κ3) is 4.34. The number of hydrogen-bond donors (Lipinski definition) is 2. The minimum absolute atomic E-state index is 0.0865. The summed E-state index contributed by atoms with van der Waals surface area (Å²) in [7, 11) is -3.94. The third-order valence-electron chi connectivity index (χ3n) is 3.68. The predicted octanol–water partition coefficient (Wildman–Crippen LogP) is 2.23. The zero-order valence-corrected chi connectivity index (χ0v) is 16.1. The summed E-state index contributed by atoms with van der Waals surface area (Å²) in [6.07, 6.45) is 1.34. The minimum Gasteiger partial charge on any atom is -0.494 e. The monoisotopic (exact) mass is 405 g/mol. The molecule has 0 spiro atoms. The predicted molar refractivity (Wildman–Crippen MR) is 104 cm³/mol. The average molecular weight is 405 g/mol. The summed E-state index contributed by atoms with van der Waals surface area (Å²) >= 11 is 0. The fraction of sp³-hybridized carbons (Fsp3) is 0.222. The van der Waals surface area contributed by atoms with Crippen LogP contribution in [0.15, 0.2) is 55.6 Å². The first-order valence-corrected chi connectivity index (χ1v) is 9.98. The van der Waals surface area contributed by atoms with Crippen molar-refractivity contribution in [2.45, 2.75) is 18.7 Å². The molecule has 0 aliphatic heterocycles. The second-order valence-corrected chi connectivity index (χ2v) is 7.25. The van der Waals surface area contributed by atoms with Gasteiger partial charge in [-0.2, -0.15) is 13.5 Å². The Morgan fingerprint density at radius 1 is 1.14 bits per heavy atom. The van der Waals surface area contributed by atoms with Crippen molar-refractivity contribution in [2.75, 3.05) is 13.2 Å². The first-order valence-electron chi connectivity index (χ1n) is 8.50. The smallest absolute Gasteiger partial charge is 0.417 e. The van der Waals surface area contributed by atoms with Crippen LogP contribution in [-0.4, -0.2) is 32.8 Å². The second-order valence-electron chi connectivity index (χ2n) is 5.59. The summed E-state index contributed by atoms with van der Waals surface area (Å²) in [5, 5.41) is 3.81.